The summed E-state index contributed by atoms with van der Waals surface area (Å²) >= 11 is 5.90. The minimum atomic E-state index is 0.642. The van der Waals surface area contributed by atoms with Gasteiger partial charge in [-0.25, -0.2) is 0 Å². The van der Waals surface area contributed by atoms with E-state index in [0.717, 1.165) is 22.3 Å². The van der Waals surface area contributed by atoms with Gasteiger partial charge in [-0.05, 0) is 13.1 Å². The summed E-state index contributed by atoms with van der Waals surface area (Å²) in [6.45, 7) is 1.35. The molecule has 4 nitrogen and oxygen atoms in total. The molecule has 0 aliphatic heterocycles. The number of hydrogen-bond acceptors (Lipinski definition) is 3. The fraction of sp³-hybridized carbons (Fsp3) is 0.214. The van der Waals surface area contributed by atoms with Crippen LogP contribution < -0.4 is 5.32 Å². The number of aromatic nitrogens is 2. The molecule has 3 rings (SSSR count). The highest BCUT2D eigenvalue weighted by Gasteiger charge is 2.14. The van der Waals surface area contributed by atoms with E-state index in [2.05, 4.69) is 16.5 Å². The Labute approximate surface area is 116 Å². The summed E-state index contributed by atoms with van der Waals surface area (Å²) in [6, 6.07) is 8.04. The van der Waals surface area contributed by atoms with E-state index in [4.69, 9.17) is 16.0 Å². The molecule has 0 aliphatic carbocycles. The maximum absolute atomic E-state index is 5.90. The maximum atomic E-state index is 5.90. The second-order valence-corrected chi connectivity index (χ2v) is 4.82. The molecule has 0 fully saturated rings. The van der Waals surface area contributed by atoms with Crippen molar-refractivity contribution in [1.29, 1.82) is 0 Å². The Morgan fingerprint density at radius 3 is 2.95 bits per heavy atom. The first-order valence-electron chi connectivity index (χ1n) is 6.10. The van der Waals surface area contributed by atoms with Gasteiger partial charge in [-0.1, -0.05) is 29.8 Å². The number of furan rings is 1. The lowest BCUT2D eigenvalue weighted by Gasteiger charge is -2.03. The lowest BCUT2D eigenvalue weighted by molar-refractivity contribution is 0.518. The fourth-order valence-corrected chi connectivity index (χ4v) is 2.37. The highest BCUT2D eigenvalue weighted by molar-refractivity contribution is 6.30. The van der Waals surface area contributed by atoms with E-state index in [1.807, 2.05) is 36.1 Å². The Morgan fingerprint density at radius 1 is 1.37 bits per heavy atom. The Bertz CT molecular complexity index is 702. The molecule has 1 aromatic carbocycles. The topological polar surface area (TPSA) is 43.0 Å². The van der Waals surface area contributed by atoms with Crippen LogP contribution in [-0.2, 0) is 13.1 Å². The molecule has 0 atom stereocenters. The van der Waals surface area contributed by atoms with Crippen LogP contribution in [0.25, 0.3) is 11.0 Å². The van der Waals surface area contributed by atoms with Crippen LogP contribution >= 0.6 is 11.6 Å². The fourth-order valence-electron chi connectivity index (χ4n) is 2.21. The average Bonchev–Trinajstić information content (AvgIpc) is 2.96. The molecule has 0 saturated heterocycles. The molecule has 0 amide bonds. The first kappa shape index (κ1) is 12.3. The number of fused-ring (bicyclic) bond motifs is 1. The zero-order valence-corrected chi connectivity index (χ0v) is 11.3. The summed E-state index contributed by atoms with van der Waals surface area (Å²) in [7, 11) is 1.90. The molecule has 0 unspecified atom stereocenters. The second kappa shape index (κ2) is 5.07. The molecular weight excluding hydrogens is 262 g/mol. The van der Waals surface area contributed by atoms with Crippen molar-refractivity contribution in [3.05, 3.63) is 53.0 Å². The first-order valence-corrected chi connectivity index (χ1v) is 6.47. The predicted octanol–water partition coefficient (Wildman–Crippen LogP) is 3.05. The van der Waals surface area contributed by atoms with Crippen molar-refractivity contribution in [2.24, 2.45) is 0 Å². The Balaban J connectivity index is 2.06. The smallest absolute Gasteiger partial charge is 0.134 e. The molecule has 0 radical (unpaired) electrons. The average molecular weight is 276 g/mol. The Kier molecular flexibility index (Phi) is 3.27. The monoisotopic (exact) mass is 275 g/mol. The van der Waals surface area contributed by atoms with Crippen LogP contribution in [0.4, 0.5) is 0 Å². The summed E-state index contributed by atoms with van der Waals surface area (Å²) < 4.78 is 7.70. The van der Waals surface area contributed by atoms with E-state index in [1.54, 1.807) is 6.20 Å². The quantitative estimate of drug-likeness (QED) is 0.796. The van der Waals surface area contributed by atoms with Gasteiger partial charge in [0.1, 0.15) is 11.3 Å². The van der Waals surface area contributed by atoms with Gasteiger partial charge in [-0.2, -0.15) is 5.10 Å². The van der Waals surface area contributed by atoms with E-state index >= 15 is 0 Å². The molecule has 2 aromatic heterocycles. The summed E-state index contributed by atoms with van der Waals surface area (Å²) in [4.78, 5) is 0. The number of nitrogens with zero attached hydrogens (tertiary/aromatic N) is 2. The third kappa shape index (κ3) is 2.37. The van der Waals surface area contributed by atoms with Crippen molar-refractivity contribution >= 4 is 22.6 Å². The molecule has 1 N–H and O–H groups in total. The second-order valence-electron chi connectivity index (χ2n) is 4.39. The number of hydrogen-bond donors (Lipinski definition) is 1. The van der Waals surface area contributed by atoms with Gasteiger partial charge < -0.3 is 9.73 Å². The van der Waals surface area contributed by atoms with Crippen LogP contribution in [0.3, 0.4) is 0 Å². The first-order chi connectivity index (χ1) is 9.28. The Morgan fingerprint density at radius 2 is 2.21 bits per heavy atom. The van der Waals surface area contributed by atoms with Crippen molar-refractivity contribution in [1.82, 2.24) is 15.1 Å². The summed E-state index contributed by atoms with van der Waals surface area (Å²) in [6.07, 6.45) is 3.45. The molecule has 19 heavy (non-hydrogen) atoms. The van der Waals surface area contributed by atoms with Gasteiger partial charge in [-0.15, -0.1) is 0 Å². The molecule has 0 bridgehead atoms. The SMILES string of the molecule is CNCc1oc2ccccc2c1Cn1cc(Cl)cn1. The number of nitrogens with one attached hydrogen (secondary N) is 1. The molecule has 98 valence electrons. The lowest BCUT2D eigenvalue weighted by Crippen LogP contribution is -2.08. The van der Waals surface area contributed by atoms with Gasteiger partial charge in [0.25, 0.3) is 0 Å². The molecule has 5 heteroatoms. The Hall–Kier alpha value is -1.78. The largest absolute Gasteiger partial charge is 0.459 e. The van der Waals surface area contributed by atoms with Gasteiger partial charge in [0.15, 0.2) is 0 Å². The van der Waals surface area contributed by atoms with E-state index in [-0.39, 0.29) is 0 Å². The molecule has 0 aliphatic rings. The van der Waals surface area contributed by atoms with E-state index in [1.165, 1.54) is 0 Å². The molecule has 3 aromatic rings. The van der Waals surface area contributed by atoms with Gasteiger partial charge in [0, 0.05) is 17.1 Å². The van der Waals surface area contributed by atoms with E-state index < -0.39 is 0 Å². The maximum Gasteiger partial charge on any atom is 0.134 e. The molecule has 0 saturated carbocycles. The minimum Gasteiger partial charge on any atom is -0.459 e. The van der Waals surface area contributed by atoms with Gasteiger partial charge in [-0.3, -0.25) is 4.68 Å². The van der Waals surface area contributed by atoms with Crippen molar-refractivity contribution in [2.75, 3.05) is 7.05 Å². The highest BCUT2D eigenvalue weighted by Crippen LogP contribution is 2.26. The van der Waals surface area contributed by atoms with E-state index in [0.29, 0.717) is 18.1 Å². The normalized spacial score (nSPS) is 11.3. The molecule has 2 heterocycles. The zero-order valence-electron chi connectivity index (χ0n) is 10.6. The zero-order chi connectivity index (χ0) is 13.2. The van der Waals surface area contributed by atoms with Gasteiger partial charge >= 0.3 is 0 Å². The van der Waals surface area contributed by atoms with Crippen LogP contribution in [0, 0.1) is 0 Å². The third-order valence-electron chi connectivity index (χ3n) is 3.04. The summed E-state index contributed by atoms with van der Waals surface area (Å²) in [5.41, 5.74) is 2.05. The van der Waals surface area contributed by atoms with Crippen LogP contribution in [-0.4, -0.2) is 16.8 Å². The number of benzene rings is 1. The standard InChI is InChI=1S/C14H14ClN3O/c1-16-7-14-12(9-18-8-10(15)6-17-18)11-4-2-3-5-13(11)19-14/h2-6,8,16H,7,9H2,1H3. The highest BCUT2D eigenvalue weighted by atomic mass is 35.5. The number of halogens is 1. The van der Waals surface area contributed by atoms with Crippen LogP contribution in [0.5, 0.6) is 0 Å². The predicted molar refractivity (Wildman–Crippen MR) is 75.3 cm³/mol. The molecular formula is C14H14ClN3O. The number of rotatable bonds is 4. The van der Waals surface area contributed by atoms with E-state index in [9.17, 15) is 0 Å². The van der Waals surface area contributed by atoms with Crippen LogP contribution in [0.2, 0.25) is 5.02 Å². The van der Waals surface area contributed by atoms with Crippen molar-refractivity contribution in [3.8, 4) is 0 Å². The third-order valence-corrected chi connectivity index (χ3v) is 3.24. The van der Waals surface area contributed by atoms with Crippen LogP contribution in [0.1, 0.15) is 11.3 Å². The molecule has 0 spiro atoms. The van der Waals surface area contributed by atoms with Crippen molar-refractivity contribution in [3.63, 3.8) is 0 Å². The lowest BCUT2D eigenvalue weighted by atomic mass is 10.1. The minimum absolute atomic E-state index is 0.642. The van der Waals surface area contributed by atoms with Gasteiger partial charge in [0.2, 0.25) is 0 Å². The summed E-state index contributed by atoms with van der Waals surface area (Å²) in [5.74, 6) is 0.940. The van der Waals surface area contributed by atoms with Crippen molar-refractivity contribution in [2.45, 2.75) is 13.1 Å². The number of para-hydroxylation sites is 1. The van der Waals surface area contributed by atoms with Crippen molar-refractivity contribution < 1.29 is 4.42 Å². The summed E-state index contributed by atoms with van der Waals surface area (Å²) in [5, 5.41) is 9.11. The van der Waals surface area contributed by atoms with Crippen LogP contribution in [0.15, 0.2) is 41.1 Å². The van der Waals surface area contributed by atoms with Gasteiger partial charge in [0.05, 0.1) is 24.3 Å².